The number of hydrogen-bond donors (Lipinski definition) is 0. The van der Waals surface area contributed by atoms with Crippen LogP contribution in [-0.2, 0) is 35.4 Å². The maximum absolute atomic E-state index is 10.3. The van der Waals surface area contributed by atoms with Crippen LogP contribution >= 0.6 is 0 Å². The van der Waals surface area contributed by atoms with Crippen LogP contribution in [-0.4, -0.2) is 17.7 Å². The Morgan fingerprint density at radius 2 is 1.36 bits per heavy atom. The summed E-state index contributed by atoms with van der Waals surface area (Å²) in [6, 6.07) is 0. The van der Waals surface area contributed by atoms with Crippen molar-refractivity contribution in [2.24, 2.45) is 5.41 Å². The predicted octanol–water partition coefficient (Wildman–Crippen LogP) is -1.73. The third-order valence-electron chi connectivity index (χ3n) is 1.78. The first-order valence-electron chi connectivity index (χ1n) is 2.93. The second-order valence-electron chi connectivity index (χ2n) is 2.55. The van der Waals surface area contributed by atoms with Crippen LogP contribution in [0.5, 0.6) is 0 Å². The zero-order valence-electron chi connectivity index (χ0n) is 6.93. The van der Waals surface area contributed by atoms with Gasteiger partial charge in [0.2, 0.25) is 0 Å². The van der Waals surface area contributed by atoms with Crippen molar-refractivity contribution in [3.8, 4) is 0 Å². The fourth-order valence-electron chi connectivity index (χ4n) is 0.993. The minimum absolute atomic E-state index is 0. The molecule has 1 rings (SSSR count). The Bertz CT molecular complexity index is 231. The molecule has 82 valence electrons. The van der Waals surface area contributed by atoms with Crippen molar-refractivity contribution in [3.05, 3.63) is 12.3 Å². The Labute approximate surface area is 94.3 Å². The third kappa shape index (κ3) is 2.60. The summed E-state index contributed by atoms with van der Waals surface area (Å²) < 4.78 is 0. The van der Waals surface area contributed by atoms with E-state index in [1.807, 2.05) is 0 Å². The SMILES string of the molecule is O=C1CC(C(=O)[O-])(C(=O)[O-])C1.[NH2-].[NH2-].[Pt+4]. The van der Waals surface area contributed by atoms with Gasteiger partial charge in [0, 0.05) is 12.8 Å². The Morgan fingerprint density at radius 1 is 1.07 bits per heavy atom. The molecule has 4 N–H and O–H groups in total. The van der Waals surface area contributed by atoms with Gasteiger partial charge in [-0.05, 0) is 0 Å². The first-order chi connectivity index (χ1) is 4.99. The Morgan fingerprint density at radius 3 is 1.43 bits per heavy atom. The molecule has 0 spiro atoms. The van der Waals surface area contributed by atoms with Crippen molar-refractivity contribution in [2.75, 3.05) is 0 Å². The van der Waals surface area contributed by atoms with E-state index in [0.717, 1.165) is 0 Å². The quantitative estimate of drug-likeness (QED) is 0.516. The van der Waals surface area contributed by atoms with Crippen LogP contribution in [0.25, 0.3) is 12.3 Å². The average molecular weight is 383 g/mol. The number of carboxylic acid groups (broad SMARTS) is 2. The molecule has 0 amide bonds. The van der Waals surface area contributed by atoms with Gasteiger partial charge in [0.25, 0.3) is 0 Å². The zero-order valence-corrected chi connectivity index (χ0v) is 9.20. The molecule has 0 aromatic rings. The van der Waals surface area contributed by atoms with Crippen molar-refractivity contribution < 1.29 is 45.7 Å². The molecular formula is C6H8N2O5Pt. The molecule has 0 aliphatic heterocycles. The maximum atomic E-state index is 10.3. The number of carbonyl (C=O) groups excluding carboxylic acids is 3. The first kappa shape index (κ1) is 18.9. The number of carboxylic acids is 2. The van der Waals surface area contributed by atoms with E-state index in [9.17, 15) is 24.6 Å². The largest absolute Gasteiger partial charge is 4.00 e. The molecule has 8 heteroatoms. The van der Waals surface area contributed by atoms with Gasteiger partial charge < -0.3 is 32.1 Å². The second-order valence-corrected chi connectivity index (χ2v) is 2.55. The number of ketones is 1. The van der Waals surface area contributed by atoms with Gasteiger partial charge in [0.1, 0.15) is 5.78 Å². The average Bonchev–Trinajstić information content (AvgIpc) is 1.78. The number of Topliss-reactive ketones (excluding diaryl/α,β-unsaturated/α-hetero) is 1. The van der Waals surface area contributed by atoms with Crippen LogP contribution < -0.4 is 10.2 Å². The third-order valence-corrected chi connectivity index (χ3v) is 1.78. The molecule has 0 aromatic heterocycles. The Kier molecular flexibility index (Phi) is 7.89. The monoisotopic (exact) mass is 383 g/mol. The molecule has 7 nitrogen and oxygen atoms in total. The Balaban J connectivity index is -0.000000403. The smallest absolute Gasteiger partial charge is 0.693 e. The number of hydrogen-bond acceptors (Lipinski definition) is 5. The topological polar surface area (TPSA) is 164 Å². The predicted molar refractivity (Wildman–Crippen MR) is 37.3 cm³/mol. The van der Waals surface area contributed by atoms with Crippen LogP contribution in [0.15, 0.2) is 0 Å². The van der Waals surface area contributed by atoms with Crippen LogP contribution in [0.2, 0.25) is 0 Å². The summed E-state index contributed by atoms with van der Waals surface area (Å²) in [5, 5.41) is 20.4. The zero-order chi connectivity index (χ0) is 8.65. The van der Waals surface area contributed by atoms with E-state index in [1.54, 1.807) is 0 Å². The molecule has 14 heavy (non-hydrogen) atoms. The Hall–Kier alpha value is -0.782. The number of aliphatic carboxylic acids is 2. The fourth-order valence-corrected chi connectivity index (χ4v) is 0.993. The minimum Gasteiger partial charge on any atom is -0.693 e. The normalized spacial score (nSPS) is 16.1. The van der Waals surface area contributed by atoms with Gasteiger partial charge in [0.05, 0.1) is 17.4 Å². The molecule has 1 saturated carbocycles. The van der Waals surface area contributed by atoms with Crippen LogP contribution in [0.3, 0.4) is 0 Å². The number of carbonyl (C=O) groups is 3. The molecule has 0 bridgehead atoms. The van der Waals surface area contributed by atoms with Gasteiger partial charge in [-0.1, -0.05) is 0 Å². The summed E-state index contributed by atoms with van der Waals surface area (Å²) in [6.07, 6.45) is -1.00. The van der Waals surface area contributed by atoms with Crippen molar-refractivity contribution in [1.29, 1.82) is 0 Å². The number of nitrogens with two attached hydrogens (primary N) is 2. The molecule has 1 fully saturated rings. The summed E-state index contributed by atoms with van der Waals surface area (Å²) in [5.41, 5.74) is -2.04. The summed E-state index contributed by atoms with van der Waals surface area (Å²) in [6.45, 7) is 0. The van der Waals surface area contributed by atoms with Crippen molar-refractivity contribution in [2.45, 2.75) is 12.8 Å². The molecule has 0 unspecified atom stereocenters. The van der Waals surface area contributed by atoms with Crippen LogP contribution in [0.1, 0.15) is 12.8 Å². The van der Waals surface area contributed by atoms with E-state index in [4.69, 9.17) is 0 Å². The van der Waals surface area contributed by atoms with Crippen molar-refractivity contribution in [3.63, 3.8) is 0 Å². The van der Waals surface area contributed by atoms with E-state index in [-0.39, 0.29) is 33.4 Å². The molecular weight excluding hydrogens is 375 g/mol. The van der Waals surface area contributed by atoms with Gasteiger partial charge in [-0.3, -0.25) is 4.79 Å². The first-order valence-corrected chi connectivity index (χ1v) is 2.93. The van der Waals surface area contributed by atoms with E-state index < -0.39 is 36.0 Å². The second kappa shape index (κ2) is 5.85. The van der Waals surface area contributed by atoms with Gasteiger partial charge in [0.15, 0.2) is 0 Å². The van der Waals surface area contributed by atoms with Gasteiger partial charge in [-0.25, -0.2) is 0 Å². The molecule has 1 aliphatic rings. The summed E-state index contributed by atoms with van der Waals surface area (Å²) in [4.78, 5) is 30.8. The van der Waals surface area contributed by atoms with Gasteiger partial charge >= 0.3 is 21.1 Å². The fraction of sp³-hybridized carbons (Fsp3) is 0.500. The van der Waals surface area contributed by atoms with Crippen molar-refractivity contribution >= 4 is 17.7 Å². The van der Waals surface area contributed by atoms with E-state index >= 15 is 0 Å². The van der Waals surface area contributed by atoms with Crippen molar-refractivity contribution in [1.82, 2.24) is 0 Å². The van der Waals surface area contributed by atoms with Crippen LogP contribution in [0.4, 0.5) is 0 Å². The summed E-state index contributed by atoms with van der Waals surface area (Å²) in [7, 11) is 0. The van der Waals surface area contributed by atoms with Crippen LogP contribution in [0, 0.1) is 5.41 Å². The molecule has 1 aliphatic carbocycles. The molecule has 0 atom stereocenters. The van der Waals surface area contributed by atoms with Gasteiger partial charge in [-0.2, -0.15) is 0 Å². The van der Waals surface area contributed by atoms with Gasteiger partial charge in [-0.15, -0.1) is 0 Å². The summed E-state index contributed by atoms with van der Waals surface area (Å²) >= 11 is 0. The maximum Gasteiger partial charge on any atom is 4.00 e. The summed E-state index contributed by atoms with van der Waals surface area (Å²) in [5.74, 6) is -3.87. The van der Waals surface area contributed by atoms with E-state index in [2.05, 4.69) is 0 Å². The molecule has 0 radical (unpaired) electrons. The van der Waals surface area contributed by atoms with E-state index in [1.165, 1.54) is 0 Å². The van der Waals surface area contributed by atoms with E-state index in [0.29, 0.717) is 0 Å². The standard InChI is InChI=1S/C6H6O5.2H2N.Pt/c7-3-1-6(2-3,4(8)9)5(10)11;;;/h1-2H2,(H,8,9)(H,10,11);2*1H2;/q;2*-1;+4/p-2. The molecule has 0 saturated heterocycles. The molecule has 0 aromatic carbocycles. The number of rotatable bonds is 2. The molecule has 0 heterocycles. The minimum atomic E-state index is -2.04.